The smallest absolute Gasteiger partial charge is 0.290 e. The van der Waals surface area contributed by atoms with E-state index < -0.39 is 11.7 Å². The first-order valence-electron chi connectivity index (χ1n) is 4.08. The first-order valence-corrected chi connectivity index (χ1v) is 4.46. The number of rotatable bonds is 0. The molecule has 0 saturated carbocycles. The average molecular weight is 246 g/mol. The van der Waals surface area contributed by atoms with E-state index in [-0.39, 0.29) is 16.5 Å². The topological polar surface area (TPSA) is 41.1 Å². The molecule has 0 saturated heterocycles. The molecule has 0 aromatic carbocycles. The Morgan fingerprint density at radius 1 is 1.44 bits per heavy atom. The molecule has 0 N–H and O–H groups in total. The maximum Gasteiger partial charge on any atom is 0.416 e. The number of fused-ring (bicyclic) bond motifs is 1. The molecule has 2 heterocycles. The predicted octanol–water partition coefficient (Wildman–Crippen LogP) is 2.88. The van der Waals surface area contributed by atoms with Crippen molar-refractivity contribution in [2.45, 2.75) is 6.18 Å². The summed E-state index contributed by atoms with van der Waals surface area (Å²) < 4.78 is 38.3. The summed E-state index contributed by atoms with van der Waals surface area (Å²) in [7, 11) is 0. The van der Waals surface area contributed by atoms with Gasteiger partial charge in [-0.1, -0.05) is 11.6 Å². The monoisotopic (exact) mass is 245 g/mol. The van der Waals surface area contributed by atoms with Gasteiger partial charge in [-0.25, -0.2) is 4.98 Å². The van der Waals surface area contributed by atoms with E-state index in [1.165, 1.54) is 4.40 Å². The Morgan fingerprint density at radius 2 is 2.12 bits per heavy atom. The van der Waals surface area contributed by atoms with Gasteiger partial charge in [-0.05, 0) is 12.1 Å². The number of imidazole rings is 1. The fraction of sp³-hybridized carbons (Fsp3) is 0.111. The summed E-state index contributed by atoms with van der Waals surface area (Å²) in [6.45, 7) is 0. The lowest BCUT2D eigenvalue weighted by atomic mass is 10.2. The minimum absolute atomic E-state index is 0.00336. The van der Waals surface area contributed by atoms with Gasteiger partial charge in [-0.15, -0.1) is 0 Å². The summed E-state index contributed by atoms with van der Waals surface area (Å²) in [5.41, 5.74) is -0.812. The number of pyridine rings is 1. The quantitative estimate of drug-likeness (QED) is 0.716. The number of hydrogen-bond donors (Lipinski definition) is 0. The zero-order valence-corrected chi connectivity index (χ0v) is 8.34. The van der Waals surface area contributed by atoms with Crippen LogP contribution in [0.2, 0.25) is 5.15 Å². The lowest BCUT2D eigenvalue weighted by Crippen LogP contribution is -2.05. The van der Waals surface area contributed by atoms with Gasteiger partial charge in [0, 0.05) is 6.20 Å². The van der Waals surface area contributed by atoms with Crippen LogP contribution in [-0.2, 0) is 6.18 Å². The zero-order valence-electron chi connectivity index (χ0n) is 7.59. The molecule has 82 valence electrons. The normalized spacial score (nSPS) is 11.7. The highest BCUT2D eigenvalue weighted by Gasteiger charge is 2.31. The van der Waals surface area contributed by atoms with Gasteiger partial charge in [0.05, 0.1) is 5.56 Å². The standard InChI is InChI=1S/C9H3ClF3N3/c10-8-6(4-14)16-2-1-5(9(11,12)13)3-7(16)15-8/h1-3H. The van der Waals surface area contributed by atoms with Gasteiger partial charge < -0.3 is 0 Å². The fourth-order valence-electron chi connectivity index (χ4n) is 1.29. The van der Waals surface area contributed by atoms with Gasteiger partial charge in [0.25, 0.3) is 0 Å². The third-order valence-electron chi connectivity index (χ3n) is 2.02. The van der Waals surface area contributed by atoms with Crippen molar-refractivity contribution in [3.05, 3.63) is 34.7 Å². The van der Waals surface area contributed by atoms with Crippen LogP contribution >= 0.6 is 11.6 Å². The first kappa shape index (κ1) is 10.8. The molecule has 0 aliphatic rings. The summed E-state index contributed by atoms with van der Waals surface area (Å²) in [5, 5.41) is 8.61. The van der Waals surface area contributed by atoms with Gasteiger partial charge in [0.15, 0.2) is 10.8 Å². The van der Waals surface area contributed by atoms with E-state index >= 15 is 0 Å². The van der Waals surface area contributed by atoms with Crippen molar-refractivity contribution in [3.63, 3.8) is 0 Å². The van der Waals surface area contributed by atoms with Gasteiger partial charge in [0.2, 0.25) is 0 Å². The molecule has 0 radical (unpaired) electrons. The molecule has 0 fully saturated rings. The molecule has 0 bridgehead atoms. The van der Waals surface area contributed by atoms with Crippen molar-refractivity contribution in [2.75, 3.05) is 0 Å². The van der Waals surface area contributed by atoms with E-state index in [4.69, 9.17) is 16.9 Å². The van der Waals surface area contributed by atoms with E-state index in [2.05, 4.69) is 4.98 Å². The van der Waals surface area contributed by atoms with Crippen LogP contribution in [0.5, 0.6) is 0 Å². The Bertz CT molecular complexity index is 594. The van der Waals surface area contributed by atoms with Crippen molar-refractivity contribution in [2.24, 2.45) is 0 Å². The molecular weight excluding hydrogens is 243 g/mol. The van der Waals surface area contributed by atoms with Gasteiger partial charge in [-0.3, -0.25) is 4.40 Å². The SMILES string of the molecule is N#Cc1c(Cl)nc2cc(C(F)(F)F)ccn12. The maximum atomic E-state index is 12.4. The highest BCUT2D eigenvalue weighted by molar-refractivity contribution is 6.30. The van der Waals surface area contributed by atoms with Crippen molar-refractivity contribution < 1.29 is 13.2 Å². The van der Waals surface area contributed by atoms with Crippen molar-refractivity contribution >= 4 is 17.2 Å². The van der Waals surface area contributed by atoms with Crippen LogP contribution in [0, 0.1) is 11.3 Å². The van der Waals surface area contributed by atoms with Crippen LogP contribution in [0.3, 0.4) is 0 Å². The second kappa shape index (κ2) is 3.39. The average Bonchev–Trinajstić information content (AvgIpc) is 2.50. The second-order valence-corrected chi connectivity index (χ2v) is 3.36. The molecule has 7 heteroatoms. The Labute approximate surface area is 92.7 Å². The van der Waals surface area contributed by atoms with Crippen LogP contribution in [0.4, 0.5) is 13.2 Å². The Kier molecular flexibility index (Phi) is 2.28. The summed E-state index contributed by atoms with van der Waals surface area (Å²) in [4.78, 5) is 3.66. The molecule has 2 aromatic rings. The van der Waals surface area contributed by atoms with Crippen molar-refractivity contribution in [1.29, 1.82) is 5.26 Å². The van der Waals surface area contributed by atoms with Gasteiger partial charge >= 0.3 is 6.18 Å². The Balaban J connectivity index is 2.71. The molecule has 2 aromatic heterocycles. The molecule has 0 atom stereocenters. The molecule has 3 nitrogen and oxygen atoms in total. The second-order valence-electron chi connectivity index (χ2n) is 3.00. The highest BCUT2D eigenvalue weighted by atomic mass is 35.5. The minimum Gasteiger partial charge on any atom is -0.290 e. The van der Waals surface area contributed by atoms with E-state index in [1.807, 2.05) is 0 Å². The number of alkyl halides is 3. The molecule has 0 spiro atoms. The summed E-state index contributed by atoms with van der Waals surface area (Å²) in [6.07, 6.45) is -3.32. The number of nitrogens with zero attached hydrogens (tertiary/aromatic N) is 3. The fourth-order valence-corrected chi connectivity index (χ4v) is 1.51. The molecule has 0 aliphatic heterocycles. The Morgan fingerprint density at radius 3 is 2.69 bits per heavy atom. The summed E-state index contributed by atoms with van der Waals surface area (Å²) >= 11 is 5.60. The van der Waals surface area contributed by atoms with Gasteiger partial charge in [-0.2, -0.15) is 18.4 Å². The number of aromatic nitrogens is 2. The highest BCUT2D eigenvalue weighted by Crippen LogP contribution is 2.30. The molecule has 0 unspecified atom stereocenters. The van der Waals surface area contributed by atoms with E-state index in [0.29, 0.717) is 0 Å². The Hall–Kier alpha value is -1.74. The number of halogens is 4. The van der Waals surface area contributed by atoms with E-state index in [1.54, 1.807) is 6.07 Å². The number of nitriles is 1. The predicted molar refractivity (Wildman–Crippen MR) is 49.9 cm³/mol. The zero-order chi connectivity index (χ0) is 11.9. The van der Waals surface area contributed by atoms with E-state index in [9.17, 15) is 13.2 Å². The first-order chi connectivity index (χ1) is 7.43. The summed E-state index contributed by atoms with van der Waals surface area (Å²) in [5.74, 6) is 0. The lowest BCUT2D eigenvalue weighted by Gasteiger charge is -2.05. The molecule has 0 amide bonds. The van der Waals surface area contributed by atoms with Crippen molar-refractivity contribution in [3.8, 4) is 6.07 Å². The van der Waals surface area contributed by atoms with E-state index in [0.717, 1.165) is 18.3 Å². The van der Waals surface area contributed by atoms with Crippen LogP contribution in [0.15, 0.2) is 18.3 Å². The maximum absolute atomic E-state index is 12.4. The third-order valence-corrected chi connectivity index (χ3v) is 2.28. The van der Waals surface area contributed by atoms with Crippen LogP contribution in [0.1, 0.15) is 11.3 Å². The molecule has 2 rings (SSSR count). The third kappa shape index (κ3) is 1.59. The number of hydrogen-bond acceptors (Lipinski definition) is 2. The lowest BCUT2D eigenvalue weighted by molar-refractivity contribution is -0.137. The summed E-state index contributed by atoms with van der Waals surface area (Å²) in [6, 6.07) is 3.47. The van der Waals surface area contributed by atoms with Crippen LogP contribution in [-0.4, -0.2) is 9.38 Å². The van der Waals surface area contributed by atoms with Crippen molar-refractivity contribution in [1.82, 2.24) is 9.38 Å². The largest absolute Gasteiger partial charge is 0.416 e. The van der Waals surface area contributed by atoms with Crippen LogP contribution in [0.25, 0.3) is 5.65 Å². The minimum atomic E-state index is -4.44. The molecular formula is C9H3ClF3N3. The molecule has 16 heavy (non-hydrogen) atoms. The van der Waals surface area contributed by atoms with Crippen LogP contribution < -0.4 is 0 Å². The van der Waals surface area contributed by atoms with Gasteiger partial charge in [0.1, 0.15) is 11.7 Å². The molecule has 0 aliphatic carbocycles.